The second-order valence-electron chi connectivity index (χ2n) is 7.95. The molecule has 3 aromatic carbocycles. The highest BCUT2D eigenvalue weighted by Crippen LogP contribution is 2.43. The van der Waals surface area contributed by atoms with Gasteiger partial charge in [0.05, 0.1) is 36.1 Å². The van der Waals surface area contributed by atoms with E-state index in [9.17, 15) is 19.8 Å². The molecule has 7 heteroatoms. The van der Waals surface area contributed by atoms with Gasteiger partial charge in [0.1, 0.15) is 18.5 Å². The largest absolute Gasteiger partial charge is 0.497 e. The molecule has 0 spiro atoms. The zero-order valence-electron chi connectivity index (χ0n) is 19.0. The van der Waals surface area contributed by atoms with Crippen LogP contribution in [0.2, 0.25) is 0 Å². The predicted octanol–water partition coefficient (Wildman–Crippen LogP) is 4.51. The Morgan fingerprint density at radius 2 is 1.45 bits per heavy atom. The number of methoxy groups -OCH3 is 2. The summed E-state index contributed by atoms with van der Waals surface area (Å²) in [5.74, 6) is -1.05. The standard InChI is InChI=1S/C26H23NO6/c1-13-10-15(25(28)29)11-14(2)21(13)24-20(33-5)9-8-19-23(24)22(26(30)31)17-12-16(32-4)6-7-18(17)27(19)3/h6-12H,1-5H3,(H-,28,29,30,31)/p+1. The number of benzene rings is 3. The number of fused-ring (bicyclic) bond motifs is 2. The van der Waals surface area contributed by atoms with Crippen molar-refractivity contribution in [3.8, 4) is 22.6 Å². The molecule has 4 rings (SSSR count). The van der Waals surface area contributed by atoms with E-state index in [1.165, 1.54) is 14.2 Å². The van der Waals surface area contributed by atoms with Gasteiger partial charge in [0.25, 0.3) is 0 Å². The average Bonchev–Trinajstić information content (AvgIpc) is 2.78. The molecule has 33 heavy (non-hydrogen) atoms. The van der Waals surface area contributed by atoms with Crippen molar-refractivity contribution in [2.24, 2.45) is 7.05 Å². The molecule has 0 aliphatic rings. The highest BCUT2D eigenvalue weighted by atomic mass is 16.5. The molecule has 0 saturated heterocycles. The molecule has 0 radical (unpaired) electrons. The molecular weight excluding hydrogens is 422 g/mol. The molecule has 0 unspecified atom stereocenters. The molecule has 4 aromatic rings. The molecule has 0 amide bonds. The van der Waals surface area contributed by atoms with Gasteiger partial charge in [-0.2, -0.15) is 4.57 Å². The van der Waals surface area contributed by atoms with Gasteiger partial charge in [0.15, 0.2) is 0 Å². The Kier molecular flexibility index (Phi) is 5.41. The number of rotatable bonds is 5. The van der Waals surface area contributed by atoms with Crippen LogP contribution in [-0.2, 0) is 7.05 Å². The van der Waals surface area contributed by atoms with Gasteiger partial charge in [-0.25, -0.2) is 9.59 Å². The number of pyridine rings is 1. The van der Waals surface area contributed by atoms with Crippen LogP contribution in [0.1, 0.15) is 31.8 Å². The Morgan fingerprint density at radius 1 is 0.818 bits per heavy atom. The minimum absolute atomic E-state index is 0.131. The van der Waals surface area contributed by atoms with E-state index in [1.807, 2.05) is 43.7 Å². The minimum atomic E-state index is -1.08. The van der Waals surface area contributed by atoms with Gasteiger partial charge in [-0.05, 0) is 60.9 Å². The Morgan fingerprint density at radius 3 is 2.00 bits per heavy atom. The quantitative estimate of drug-likeness (QED) is 0.346. The van der Waals surface area contributed by atoms with E-state index in [-0.39, 0.29) is 11.1 Å². The van der Waals surface area contributed by atoms with Crippen LogP contribution in [0, 0.1) is 13.8 Å². The average molecular weight is 446 g/mol. The van der Waals surface area contributed by atoms with Gasteiger partial charge in [0, 0.05) is 17.7 Å². The van der Waals surface area contributed by atoms with Gasteiger partial charge < -0.3 is 19.7 Å². The Balaban J connectivity index is 2.29. The zero-order valence-corrected chi connectivity index (χ0v) is 19.0. The summed E-state index contributed by atoms with van der Waals surface area (Å²) in [6, 6.07) is 12.2. The highest BCUT2D eigenvalue weighted by Gasteiger charge is 2.29. The van der Waals surface area contributed by atoms with E-state index in [2.05, 4.69) is 0 Å². The third-order valence-electron chi connectivity index (χ3n) is 6.05. The summed E-state index contributed by atoms with van der Waals surface area (Å²) in [7, 11) is 4.95. The van der Waals surface area contributed by atoms with E-state index in [0.29, 0.717) is 44.5 Å². The van der Waals surface area contributed by atoms with Crippen LogP contribution >= 0.6 is 0 Å². The highest BCUT2D eigenvalue weighted by molar-refractivity contribution is 6.17. The molecule has 1 heterocycles. The third kappa shape index (κ3) is 3.42. The Hall–Kier alpha value is -4.13. The fraction of sp³-hybridized carbons (Fsp3) is 0.192. The Bertz CT molecular complexity index is 1450. The summed E-state index contributed by atoms with van der Waals surface area (Å²) in [6.07, 6.45) is 0. The van der Waals surface area contributed by atoms with Crippen molar-refractivity contribution in [1.82, 2.24) is 0 Å². The van der Waals surface area contributed by atoms with E-state index in [0.717, 1.165) is 11.1 Å². The maximum Gasteiger partial charge on any atom is 0.337 e. The van der Waals surface area contributed by atoms with E-state index in [1.54, 1.807) is 24.3 Å². The van der Waals surface area contributed by atoms with Gasteiger partial charge in [-0.15, -0.1) is 0 Å². The fourth-order valence-electron chi connectivity index (χ4n) is 4.63. The number of nitrogens with zero attached hydrogens (tertiary/aromatic N) is 1. The SMILES string of the molecule is COc1ccc2c(c1)c(C(=O)O)c1c(-c3c(C)cc(C(=O)O)cc3C)c(OC)ccc1[n+]2C. The van der Waals surface area contributed by atoms with Gasteiger partial charge in [-0.1, -0.05) is 0 Å². The fourth-order valence-corrected chi connectivity index (χ4v) is 4.63. The van der Waals surface area contributed by atoms with Gasteiger partial charge >= 0.3 is 11.9 Å². The molecule has 0 fully saturated rings. The first-order valence-electron chi connectivity index (χ1n) is 10.3. The Labute approximate surface area is 190 Å². The number of aromatic carboxylic acids is 2. The minimum Gasteiger partial charge on any atom is -0.497 e. The lowest BCUT2D eigenvalue weighted by molar-refractivity contribution is -0.617. The lowest BCUT2D eigenvalue weighted by Crippen LogP contribution is -2.31. The van der Waals surface area contributed by atoms with Crippen LogP contribution in [0.4, 0.5) is 0 Å². The molecular formula is C26H24NO6+. The first-order chi connectivity index (χ1) is 15.7. The molecule has 0 bridgehead atoms. The number of hydrogen-bond donors (Lipinski definition) is 2. The zero-order chi connectivity index (χ0) is 24.0. The lowest BCUT2D eigenvalue weighted by atomic mass is 9.88. The molecule has 1 aromatic heterocycles. The summed E-state index contributed by atoms with van der Waals surface area (Å²) < 4.78 is 13.0. The van der Waals surface area contributed by atoms with E-state index in [4.69, 9.17) is 9.47 Å². The number of aryl methyl sites for hydroxylation is 3. The second-order valence-corrected chi connectivity index (χ2v) is 7.95. The third-order valence-corrected chi connectivity index (χ3v) is 6.05. The van der Waals surface area contributed by atoms with Crippen LogP contribution in [0.25, 0.3) is 32.9 Å². The maximum absolute atomic E-state index is 12.7. The summed E-state index contributed by atoms with van der Waals surface area (Å²) in [4.78, 5) is 24.2. The van der Waals surface area contributed by atoms with Crippen LogP contribution in [0.5, 0.6) is 11.5 Å². The molecule has 2 N–H and O–H groups in total. The number of carboxylic acid groups (broad SMARTS) is 2. The first kappa shape index (κ1) is 22.1. The molecule has 0 saturated carbocycles. The normalized spacial score (nSPS) is 11.1. The maximum atomic E-state index is 12.7. The topological polar surface area (TPSA) is 96.9 Å². The number of aromatic nitrogens is 1. The number of ether oxygens (including phenoxy) is 2. The van der Waals surface area contributed by atoms with Crippen LogP contribution in [-0.4, -0.2) is 36.4 Å². The number of hydrogen-bond acceptors (Lipinski definition) is 4. The predicted molar refractivity (Wildman–Crippen MR) is 125 cm³/mol. The first-order valence-corrected chi connectivity index (χ1v) is 10.3. The molecule has 0 aliphatic heterocycles. The van der Waals surface area contributed by atoms with Crippen molar-refractivity contribution in [3.63, 3.8) is 0 Å². The van der Waals surface area contributed by atoms with E-state index < -0.39 is 11.9 Å². The van der Waals surface area contributed by atoms with Crippen molar-refractivity contribution >= 4 is 33.7 Å². The van der Waals surface area contributed by atoms with Crippen molar-refractivity contribution in [3.05, 3.63) is 64.7 Å². The lowest BCUT2D eigenvalue weighted by Gasteiger charge is -2.18. The van der Waals surface area contributed by atoms with Crippen LogP contribution < -0.4 is 14.0 Å². The second kappa shape index (κ2) is 8.09. The van der Waals surface area contributed by atoms with E-state index >= 15 is 0 Å². The van der Waals surface area contributed by atoms with Crippen LogP contribution in [0.3, 0.4) is 0 Å². The van der Waals surface area contributed by atoms with Gasteiger partial charge in [0.2, 0.25) is 11.0 Å². The van der Waals surface area contributed by atoms with Crippen molar-refractivity contribution < 1.29 is 33.8 Å². The summed E-state index contributed by atoms with van der Waals surface area (Å²) in [6.45, 7) is 3.63. The van der Waals surface area contributed by atoms with Gasteiger partial charge in [-0.3, -0.25) is 0 Å². The van der Waals surface area contributed by atoms with Crippen molar-refractivity contribution in [2.75, 3.05) is 14.2 Å². The van der Waals surface area contributed by atoms with Crippen LogP contribution in [0.15, 0.2) is 42.5 Å². The molecule has 7 nitrogen and oxygen atoms in total. The number of carboxylic acids is 2. The number of carbonyl (C=O) groups is 2. The summed E-state index contributed by atoms with van der Waals surface area (Å²) in [5.41, 5.74) is 4.53. The molecule has 0 aliphatic carbocycles. The monoisotopic (exact) mass is 446 g/mol. The molecule has 168 valence electrons. The summed E-state index contributed by atoms with van der Waals surface area (Å²) >= 11 is 0. The molecule has 0 atom stereocenters. The van der Waals surface area contributed by atoms with Crippen molar-refractivity contribution in [2.45, 2.75) is 13.8 Å². The smallest absolute Gasteiger partial charge is 0.337 e. The summed E-state index contributed by atoms with van der Waals surface area (Å²) in [5, 5.41) is 20.9. The van der Waals surface area contributed by atoms with Crippen molar-refractivity contribution in [1.29, 1.82) is 0 Å².